The van der Waals surface area contributed by atoms with Crippen molar-refractivity contribution in [3.05, 3.63) is 41.6 Å². The minimum Gasteiger partial charge on any atom is -0.273 e. The van der Waals surface area contributed by atoms with E-state index in [2.05, 4.69) is 52.9 Å². The van der Waals surface area contributed by atoms with Crippen molar-refractivity contribution in [3.63, 3.8) is 0 Å². The van der Waals surface area contributed by atoms with Crippen molar-refractivity contribution in [2.24, 2.45) is 10.2 Å². The molecule has 2 aromatic rings. The molecule has 0 fully saturated rings. The highest BCUT2D eigenvalue weighted by Gasteiger charge is 2.05. The molecule has 0 saturated heterocycles. The first-order valence-corrected chi connectivity index (χ1v) is 9.89. The first-order valence-electron chi connectivity index (χ1n) is 6.67. The number of nitrogens with one attached hydrogen (secondary N) is 2. The highest BCUT2D eigenvalue weighted by molar-refractivity contribution is 9.11. The predicted molar refractivity (Wildman–Crippen MR) is 105 cm³/mol. The van der Waals surface area contributed by atoms with Gasteiger partial charge in [-0.05, 0) is 56.1 Å². The standard InChI is InChI=1S/C14H12Br2N4O2S2/c15-11-3-1-9(23-11)7-17-19-13(21)5-6-14(22)20-18-8-10-2-4-12(16)24-10/h1-4,7-8H,5-6H2,(H,19,21)(H,20,22)/b17-7-,18-8+. The molecule has 2 amide bonds. The molecular formula is C14H12Br2N4O2S2. The van der Waals surface area contributed by atoms with E-state index in [1.807, 2.05) is 24.3 Å². The zero-order valence-corrected chi connectivity index (χ0v) is 17.0. The van der Waals surface area contributed by atoms with Crippen LogP contribution in [0.25, 0.3) is 0 Å². The van der Waals surface area contributed by atoms with Crippen molar-refractivity contribution < 1.29 is 9.59 Å². The first-order chi connectivity index (χ1) is 11.5. The number of hydrogen-bond donors (Lipinski definition) is 2. The van der Waals surface area contributed by atoms with Gasteiger partial charge in [-0.1, -0.05) is 0 Å². The zero-order chi connectivity index (χ0) is 17.4. The molecule has 0 atom stereocenters. The monoisotopic (exact) mass is 490 g/mol. The van der Waals surface area contributed by atoms with E-state index in [1.54, 1.807) is 12.4 Å². The van der Waals surface area contributed by atoms with Crippen molar-refractivity contribution in [1.82, 2.24) is 10.9 Å². The van der Waals surface area contributed by atoms with E-state index < -0.39 is 0 Å². The van der Waals surface area contributed by atoms with Crippen LogP contribution in [0.3, 0.4) is 0 Å². The van der Waals surface area contributed by atoms with Gasteiger partial charge in [0.1, 0.15) is 0 Å². The van der Waals surface area contributed by atoms with Gasteiger partial charge >= 0.3 is 0 Å². The van der Waals surface area contributed by atoms with Gasteiger partial charge in [-0.2, -0.15) is 10.2 Å². The van der Waals surface area contributed by atoms with Crippen LogP contribution < -0.4 is 10.9 Å². The molecule has 2 N–H and O–H groups in total. The Morgan fingerprint density at radius 1 is 0.875 bits per heavy atom. The Hall–Kier alpha value is -1.36. The summed E-state index contributed by atoms with van der Waals surface area (Å²) in [6, 6.07) is 7.55. The summed E-state index contributed by atoms with van der Waals surface area (Å²) in [5.74, 6) is -0.661. The summed E-state index contributed by atoms with van der Waals surface area (Å²) in [4.78, 5) is 25.0. The van der Waals surface area contributed by atoms with Crippen molar-refractivity contribution in [2.45, 2.75) is 12.8 Å². The van der Waals surface area contributed by atoms with Gasteiger partial charge in [0.25, 0.3) is 0 Å². The quantitative estimate of drug-likeness (QED) is 0.457. The van der Waals surface area contributed by atoms with Crippen LogP contribution in [0.1, 0.15) is 22.6 Å². The summed E-state index contributed by atoms with van der Waals surface area (Å²) in [5, 5.41) is 7.68. The molecule has 126 valence electrons. The fraction of sp³-hybridized carbons (Fsp3) is 0.143. The van der Waals surface area contributed by atoms with Crippen LogP contribution in [0, 0.1) is 0 Å². The summed E-state index contributed by atoms with van der Waals surface area (Å²) in [6.07, 6.45) is 3.18. The topological polar surface area (TPSA) is 82.9 Å². The average Bonchev–Trinajstić information content (AvgIpc) is 3.14. The molecule has 2 aromatic heterocycles. The number of carbonyl (C=O) groups excluding carboxylic acids is 2. The predicted octanol–water partition coefficient (Wildman–Crippen LogP) is 3.72. The SMILES string of the molecule is O=C(CCC(=O)N/N=C/c1ccc(Br)s1)N/N=C\c1ccc(Br)s1. The summed E-state index contributed by atoms with van der Waals surface area (Å²) in [5.41, 5.74) is 4.76. The van der Waals surface area contributed by atoms with E-state index in [1.165, 1.54) is 22.7 Å². The van der Waals surface area contributed by atoms with Gasteiger partial charge in [-0.3, -0.25) is 9.59 Å². The summed E-state index contributed by atoms with van der Waals surface area (Å²) < 4.78 is 1.98. The Balaban J connectivity index is 1.64. The number of hydrazone groups is 2. The molecule has 0 aliphatic rings. The van der Waals surface area contributed by atoms with Crippen molar-refractivity contribution in [3.8, 4) is 0 Å². The average molecular weight is 492 g/mol. The fourth-order valence-electron chi connectivity index (χ4n) is 1.47. The Labute approximate surface area is 163 Å². The third-order valence-corrected chi connectivity index (χ3v) is 5.65. The van der Waals surface area contributed by atoms with Crippen LogP contribution >= 0.6 is 54.5 Å². The second kappa shape index (κ2) is 9.82. The smallest absolute Gasteiger partial charge is 0.240 e. The Morgan fingerprint density at radius 3 is 1.62 bits per heavy atom. The van der Waals surface area contributed by atoms with Crippen LogP contribution in [0.15, 0.2) is 42.0 Å². The number of amides is 2. The first kappa shape index (κ1) is 19.0. The molecule has 0 aromatic carbocycles. The number of hydrogen-bond acceptors (Lipinski definition) is 6. The number of nitrogens with zero attached hydrogens (tertiary/aromatic N) is 2. The molecule has 10 heteroatoms. The number of thiophene rings is 2. The number of rotatable bonds is 7. The van der Waals surface area contributed by atoms with Gasteiger partial charge < -0.3 is 0 Å². The van der Waals surface area contributed by atoms with E-state index in [0.717, 1.165) is 17.3 Å². The maximum atomic E-state index is 11.6. The molecule has 0 radical (unpaired) electrons. The number of carbonyl (C=O) groups is 2. The van der Waals surface area contributed by atoms with Crippen molar-refractivity contribution in [1.29, 1.82) is 0 Å². The molecule has 2 heterocycles. The molecule has 0 unspecified atom stereocenters. The largest absolute Gasteiger partial charge is 0.273 e. The highest BCUT2D eigenvalue weighted by Crippen LogP contribution is 2.20. The third-order valence-electron chi connectivity index (χ3n) is 2.53. The second-order valence-electron chi connectivity index (χ2n) is 4.37. The van der Waals surface area contributed by atoms with Crippen LogP contribution in [-0.4, -0.2) is 24.2 Å². The van der Waals surface area contributed by atoms with Gasteiger partial charge in [0.05, 0.1) is 20.0 Å². The van der Waals surface area contributed by atoms with E-state index in [9.17, 15) is 9.59 Å². The molecule has 0 aliphatic heterocycles. The Kier molecular flexibility index (Phi) is 7.76. The zero-order valence-electron chi connectivity index (χ0n) is 12.2. The molecular weight excluding hydrogens is 480 g/mol. The summed E-state index contributed by atoms with van der Waals surface area (Å²) >= 11 is 9.69. The lowest BCUT2D eigenvalue weighted by Gasteiger charge is -1.99. The van der Waals surface area contributed by atoms with Gasteiger partial charge in [0.2, 0.25) is 11.8 Å². The Bertz CT molecular complexity index is 706. The molecule has 0 aliphatic carbocycles. The maximum Gasteiger partial charge on any atom is 0.240 e. The van der Waals surface area contributed by atoms with E-state index in [0.29, 0.717) is 0 Å². The van der Waals surface area contributed by atoms with Gasteiger partial charge in [0.15, 0.2) is 0 Å². The highest BCUT2D eigenvalue weighted by atomic mass is 79.9. The second-order valence-corrected chi connectivity index (χ2v) is 9.36. The lowest BCUT2D eigenvalue weighted by molar-refractivity contribution is -0.126. The minimum absolute atomic E-state index is 0.0391. The van der Waals surface area contributed by atoms with Crippen LogP contribution in [0.2, 0.25) is 0 Å². The number of halogens is 2. The molecule has 0 spiro atoms. The van der Waals surface area contributed by atoms with Gasteiger partial charge in [0, 0.05) is 22.6 Å². The van der Waals surface area contributed by atoms with E-state index in [-0.39, 0.29) is 24.7 Å². The van der Waals surface area contributed by atoms with Crippen LogP contribution in [-0.2, 0) is 9.59 Å². The summed E-state index contributed by atoms with van der Waals surface area (Å²) in [7, 11) is 0. The lowest BCUT2D eigenvalue weighted by atomic mass is 10.3. The Morgan fingerprint density at radius 2 is 1.29 bits per heavy atom. The van der Waals surface area contributed by atoms with E-state index in [4.69, 9.17) is 0 Å². The van der Waals surface area contributed by atoms with Crippen LogP contribution in [0.4, 0.5) is 0 Å². The molecule has 6 nitrogen and oxygen atoms in total. The van der Waals surface area contributed by atoms with Crippen molar-refractivity contribution in [2.75, 3.05) is 0 Å². The normalized spacial score (nSPS) is 11.2. The van der Waals surface area contributed by atoms with Gasteiger partial charge in [-0.25, -0.2) is 10.9 Å². The van der Waals surface area contributed by atoms with Crippen LogP contribution in [0.5, 0.6) is 0 Å². The molecule has 2 rings (SSSR count). The summed E-state index contributed by atoms with van der Waals surface area (Å²) in [6.45, 7) is 0. The molecule has 0 bridgehead atoms. The maximum absolute atomic E-state index is 11.6. The van der Waals surface area contributed by atoms with Crippen molar-refractivity contribution >= 4 is 78.8 Å². The van der Waals surface area contributed by atoms with Gasteiger partial charge in [-0.15, -0.1) is 22.7 Å². The van der Waals surface area contributed by atoms with E-state index >= 15 is 0 Å². The minimum atomic E-state index is -0.330. The molecule has 0 saturated carbocycles. The molecule has 24 heavy (non-hydrogen) atoms. The third kappa shape index (κ3) is 7.04. The fourth-order valence-corrected chi connectivity index (χ4v) is 4.06. The lowest BCUT2D eigenvalue weighted by Crippen LogP contribution is -2.22.